The van der Waals surface area contributed by atoms with E-state index in [-0.39, 0.29) is 17.6 Å². The van der Waals surface area contributed by atoms with Crippen molar-refractivity contribution in [2.45, 2.75) is 19.0 Å². The number of carbonyl (C=O) groups is 1. The third-order valence-corrected chi connectivity index (χ3v) is 5.07. The zero-order valence-electron chi connectivity index (χ0n) is 14.7. The zero-order chi connectivity index (χ0) is 18.1. The summed E-state index contributed by atoms with van der Waals surface area (Å²) in [5, 5.41) is 10.1. The lowest BCUT2D eigenvalue weighted by Gasteiger charge is -2.36. The molecule has 0 spiro atoms. The SMILES string of the molecule is Cn1c(=O)n(CCC(=O)N2CCNCC2c2cn[nH]c2)c2ccccc21. The van der Waals surface area contributed by atoms with Crippen molar-refractivity contribution < 1.29 is 4.79 Å². The molecule has 0 saturated carbocycles. The van der Waals surface area contributed by atoms with E-state index >= 15 is 0 Å². The van der Waals surface area contributed by atoms with E-state index in [1.807, 2.05) is 35.4 Å². The standard InChI is InChI=1S/C18H22N6O2/c1-22-14-4-2-3-5-15(14)24(18(22)26)8-6-17(25)23-9-7-19-12-16(23)13-10-20-21-11-13/h2-5,10-11,16,19H,6-9,12H2,1H3,(H,20,21). The monoisotopic (exact) mass is 354 g/mol. The molecule has 136 valence electrons. The Hall–Kier alpha value is -2.87. The van der Waals surface area contributed by atoms with E-state index in [4.69, 9.17) is 0 Å². The second-order valence-corrected chi connectivity index (χ2v) is 6.57. The fraction of sp³-hybridized carbons (Fsp3) is 0.389. The summed E-state index contributed by atoms with van der Waals surface area (Å²) in [6.45, 7) is 2.51. The maximum Gasteiger partial charge on any atom is 0.328 e. The number of fused-ring (bicyclic) bond motifs is 1. The Bertz CT molecular complexity index is 971. The lowest BCUT2D eigenvalue weighted by molar-refractivity contribution is -0.134. The average molecular weight is 354 g/mol. The van der Waals surface area contributed by atoms with Gasteiger partial charge in [0.05, 0.1) is 23.3 Å². The first kappa shape index (κ1) is 16.6. The van der Waals surface area contributed by atoms with Gasteiger partial charge in [-0.25, -0.2) is 4.79 Å². The molecule has 3 aromatic rings. The Kier molecular flexibility index (Phi) is 4.34. The molecule has 1 unspecified atom stereocenters. The number of para-hydroxylation sites is 2. The number of H-pyrrole nitrogens is 1. The summed E-state index contributed by atoms with van der Waals surface area (Å²) in [6, 6.07) is 7.62. The summed E-state index contributed by atoms with van der Waals surface area (Å²) in [5.74, 6) is 0.0533. The maximum atomic E-state index is 12.9. The lowest BCUT2D eigenvalue weighted by atomic mass is 10.1. The summed E-state index contributed by atoms with van der Waals surface area (Å²) in [4.78, 5) is 27.3. The van der Waals surface area contributed by atoms with Crippen LogP contribution in [0.5, 0.6) is 0 Å². The summed E-state index contributed by atoms with van der Waals surface area (Å²) in [5.41, 5.74) is 2.64. The van der Waals surface area contributed by atoms with Gasteiger partial charge in [-0.05, 0) is 12.1 Å². The molecule has 2 N–H and O–H groups in total. The van der Waals surface area contributed by atoms with Gasteiger partial charge in [0.25, 0.3) is 0 Å². The molecule has 8 nitrogen and oxygen atoms in total. The van der Waals surface area contributed by atoms with Gasteiger partial charge in [-0.15, -0.1) is 0 Å². The first-order chi connectivity index (χ1) is 12.7. The molecular formula is C18H22N6O2. The van der Waals surface area contributed by atoms with Crippen molar-refractivity contribution in [1.82, 2.24) is 29.5 Å². The number of aromatic amines is 1. The number of benzene rings is 1. The Morgan fingerprint density at radius 2 is 2.12 bits per heavy atom. The van der Waals surface area contributed by atoms with Gasteiger partial charge in [-0.2, -0.15) is 5.10 Å². The molecule has 1 fully saturated rings. The van der Waals surface area contributed by atoms with Crippen molar-refractivity contribution in [2.24, 2.45) is 7.05 Å². The first-order valence-electron chi connectivity index (χ1n) is 8.80. The second-order valence-electron chi connectivity index (χ2n) is 6.57. The Labute approximate surface area is 150 Å². The number of hydrogen-bond donors (Lipinski definition) is 2. The maximum absolute atomic E-state index is 12.9. The number of aromatic nitrogens is 4. The number of amides is 1. The molecule has 26 heavy (non-hydrogen) atoms. The molecule has 2 aromatic heterocycles. The summed E-state index contributed by atoms with van der Waals surface area (Å²) in [6.07, 6.45) is 3.88. The Morgan fingerprint density at radius 3 is 2.88 bits per heavy atom. The van der Waals surface area contributed by atoms with Gasteiger partial charge in [-0.3, -0.25) is 19.0 Å². The minimum Gasteiger partial charge on any atom is -0.333 e. The van der Waals surface area contributed by atoms with Crippen LogP contribution in [0.15, 0.2) is 41.5 Å². The van der Waals surface area contributed by atoms with Crippen LogP contribution in [0, 0.1) is 0 Å². The first-order valence-corrected chi connectivity index (χ1v) is 8.80. The molecular weight excluding hydrogens is 332 g/mol. The van der Waals surface area contributed by atoms with Gasteiger partial charge in [0, 0.05) is 51.4 Å². The lowest BCUT2D eigenvalue weighted by Crippen LogP contribution is -2.48. The van der Waals surface area contributed by atoms with Gasteiger partial charge in [-0.1, -0.05) is 12.1 Å². The molecule has 1 aliphatic rings. The second kappa shape index (κ2) is 6.80. The molecule has 4 rings (SSSR count). The van der Waals surface area contributed by atoms with Crippen molar-refractivity contribution in [2.75, 3.05) is 19.6 Å². The van der Waals surface area contributed by atoms with Gasteiger partial charge < -0.3 is 10.2 Å². The van der Waals surface area contributed by atoms with Crippen LogP contribution in [0.3, 0.4) is 0 Å². The van der Waals surface area contributed by atoms with E-state index < -0.39 is 0 Å². The molecule has 1 aromatic carbocycles. The summed E-state index contributed by atoms with van der Waals surface area (Å²) < 4.78 is 3.31. The van der Waals surface area contributed by atoms with Gasteiger partial charge in [0.2, 0.25) is 5.91 Å². The molecule has 8 heteroatoms. The number of nitrogens with zero attached hydrogens (tertiary/aromatic N) is 4. The topological polar surface area (TPSA) is 87.9 Å². The fourth-order valence-corrected chi connectivity index (χ4v) is 3.67. The molecule has 1 saturated heterocycles. The van der Waals surface area contributed by atoms with Crippen molar-refractivity contribution in [3.8, 4) is 0 Å². The number of imidazole rings is 1. The predicted octanol–water partition coefficient (Wildman–Crippen LogP) is 0.626. The normalized spacial score (nSPS) is 17.7. The molecule has 3 heterocycles. The van der Waals surface area contributed by atoms with Crippen LogP contribution in [0.2, 0.25) is 0 Å². The third kappa shape index (κ3) is 2.82. The molecule has 0 radical (unpaired) electrons. The highest BCUT2D eigenvalue weighted by molar-refractivity contribution is 5.78. The van der Waals surface area contributed by atoms with Crippen LogP contribution in [0.4, 0.5) is 0 Å². The quantitative estimate of drug-likeness (QED) is 0.719. The van der Waals surface area contributed by atoms with Crippen molar-refractivity contribution in [1.29, 1.82) is 0 Å². The number of carbonyl (C=O) groups excluding carboxylic acids is 1. The van der Waals surface area contributed by atoms with Crippen LogP contribution in [0.1, 0.15) is 18.0 Å². The smallest absolute Gasteiger partial charge is 0.328 e. The van der Waals surface area contributed by atoms with E-state index in [1.165, 1.54) is 0 Å². The average Bonchev–Trinajstić information content (AvgIpc) is 3.29. The van der Waals surface area contributed by atoms with Crippen molar-refractivity contribution >= 4 is 16.9 Å². The van der Waals surface area contributed by atoms with E-state index in [2.05, 4.69) is 15.5 Å². The highest BCUT2D eigenvalue weighted by Crippen LogP contribution is 2.22. The number of hydrogen-bond acceptors (Lipinski definition) is 4. The van der Waals surface area contributed by atoms with Crippen LogP contribution in [0.25, 0.3) is 11.0 Å². The van der Waals surface area contributed by atoms with Crippen molar-refractivity contribution in [3.63, 3.8) is 0 Å². The van der Waals surface area contributed by atoms with Gasteiger partial charge >= 0.3 is 5.69 Å². The molecule has 1 atom stereocenters. The Balaban J connectivity index is 1.54. The largest absolute Gasteiger partial charge is 0.333 e. The minimum absolute atomic E-state index is 0.0285. The molecule has 0 bridgehead atoms. The number of rotatable bonds is 4. The highest BCUT2D eigenvalue weighted by atomic mass is 16.2. The van der Waals surface area contributed by atoms with E-state index in [0.29, 0.717) is 26.1 Å². The van der Waals surface area contributed by atoms with Crippen LogP contribution in [-0.4, -0.2) is 49.8 Å². The number of aryl methyl sites for hydroxylation is 2. The summed E-state index contributed by atoms with van der Waals surface area (Å²) >= 11 is 0. The predicted molar refractivity (Wildman–Crippen MR) is 97.7 cm³/mol. The highest BCUT2D eigenvalue weighted by Gasteiger charge is 2.28. The molecule has 0 aliphatic carbocycles. The fourth-order valence-electron chi connectivity index (χ4n) is 3.67. The van der Waals surface area contributed by atoms with Crippen molar-refractivity contribution in [3.05, 3.63) is 52.7 Å². The number of piperazine rings is 1. The van der Waals surface area contributed by atoms with E-state index in [9.17, 15) is 9.59 Å². The van der Waals surface area contributed by atoms with Crippen LogP contribution in [-0.2, 0) is 18.4 Å². The Morgan fingerprint density at radius 1 is 1.31 bits per heavy atom. The van der Waals surface area contributed by atoms with Crippen LogP contribution >= 0.6 is 0 Å². The van der Waals surface area contributed by atoms with Gasteiger partial charge in [0.1, 0.15) is 0 Å². The zero-order valence-corrected chi connectivity index (χ0v) is 14.7. The van der Waals surface area contributed by atoms with Crippen LogP contribution < -0.4 is 11.0 Å². The van der Waals surface area contributed by atoms with E-state index in [1.54, 1.807) is 22.4 Å². The minimum atomic E-state index is -0.0919. The third-order valence-electron chi connectivity index (χ3n) is 5.07. The summed E-state index contributed by atoms with van der Waals surface area (Å²) in [7, 11) is 1.76. The van der Waals surface area contributed by atoms with Gasteiger partial charge in [0.15, 0.2) is 0 Å². The molecule has 1 aliphatic heterocycles. The van der Waals surface area contributed by atoms with E-state index in [0.717, 1.165) is 23.1 Å². The number of nitrogens with one attached hydrogen (secondary N) is 2. The molecule has 1 amide bonds.